The molecule has 2 atom stereocenters. The van der Waals surface area contributed by atoms with Crippen molar-refractivity contribution < 1.29 is 9.18 Å². The van der Waals surface area contributed by atoms with Crippen LogP contribution in [0.4, 0.5) is 4.39 Å². The molecule has 28 heavy (non-hydrogen) atoms. The van der Waals surface area contributed by atoms with E-state index in [1.54, 1.807) is 12.1 Å². The molecule has 7 heteroatoms. The van der Waals surface area contributed by atoms with Gasteiger partial charge in [-0.1, -0.05) is 12.1 Å². The first-order valence-electron chi connectivity index (χ1n) is 10.2. The largest absolute Gasteiger partial charge is 0.339 e. The number of fused-ring (bicyclic) bond motifs is 1. The lowest BCUT2D eigenvalue weighted by Gasteiger charge is -2.48. The Morgan fingerprint density at radius 3 is 2.46 bits per heavy atom. The zero-order valence-electron chi connectivity index (χ0n) is 16.3. The maximum Gasteiger partial charge on any atom is 0.222 e. The summed E-state index contributed by atoms with van der Waals surface area (Å²) in [5, 5.41) is 3.42. The van der Waals surface area contributed by atoms with E-state index in [0.29, 0.717) is 30.2 Å². The number of hydrogen-bond acceptors (Lipinski definition) is 3. The van der Waals surface area contributed by atoms with Crippen molar-refractivity contribution in [2.45, 2.75) is 44.7 Å². The summed E-state index contributed by atoms with van der Waals surface area (Å²) < 4.78 is 13.1. The Morgan fingerprint density at radius 2 is 1.75 bits per heavy atom. The van der Waals surface area contributed by atoms with Gasteiger partial charge in [-0.25, -0.2) is 4.39 Å². The van der Waals surface area contributed by atoms with Crippen LogP contribution in [0.5, 0.6) is 0 Å². The third kappa shape index (κ3) is 5.59. The van der Waals surface area contributed by atoms with Gasteiger partial charge in [0, 0.05) is 38.6 Å². The van der Waals surface area contributed by atoms with E-state index in [1.807, 2.05) is 12.1 Å². The lowest BCUT2D eigenvalue weighted by Crippen LogP contribution is -2.57. The number of nitrogens with zero attached hydrogens (tertiary/aromatic N) is 2. The first kappa shape index (κ1) is 23.4. The van der Waals surface area contributed by atoms with Crippen molar-refractivity contribution in [3.8, 4) is 0 Å². The summed E-state index contributed by atoms with van der Waals surface area (Å²) in [6.45, 7) is 6.09. The zero-order chi connectivity index (χ0) is 17.9. The smallest absolute Gasteiger partial charge is 0.222 e. The van der Waals surface area contributed by atoms with E-state index in [9.17, 15) is 9.18 Å². The van der Waals surface area contributed by atoms with Crippen LogP contribution in [0.3, 0.4) is 0 Å². The number of hydrogen-bond donors (Lipinski definition) is 1. The van der Waals surface area contributed by atoms with Gasteiger partial charge in [0.2, 0.25) is 5.91 Å². The number of likely N-dealkylation sites (tertiary alicyclic amines) is 2. The van der Waals surface area contributed by atoms with Gasteiger partial charge in [-0.15, -0.1) is 24.8 Å². The number of piperidine rings is 3. The lowest BCUT2D eigenvalue weighted by molar-refractivity contribution is -0.142. The predicted octanol–water partition coefficient (Wildman–Crippen LogP) is 3.48. The third-order valence-electron chi connectivity index (χ3n) is 6.46. The van der Waals surface area contributed by atoms with E-state index in [-0.39, 0.29) is 30.6 Å². The Kier molecular flexibility index (Phi) is 9.00. The van der Waals surface area contributed by atoms with Gasteiger partial charge in [0.05, 0.1) is 0 Å². The standard InChI is InChI=1S/C21H30FN3O.2ClH/c22-19-4-1-16(2-5-19)13-24-12-9-20-18(15-24)3-6-21(26)25(20)14-17-7-10-23-11-8-17;;/h1-2,4-5,17-18,20,23H,3,6-15H2;2*1H/t18-,20+;;/m0../s1. The van der Waals surface area contributed by atoms with Crippen LogP contribution in [0.1, 0.15) is 37.7 Å². The Bertz CT molecular complexity index is 625. The molecule has 0 aliphatic carbocycles. The summed E-state index contributed by atoms with van der Waals surface area (Å²) in [5.41, 5.74) is 1.17. The minimum absolute atomic E-state index is 0. The molecule has 0 spiro atoms. The fraction of sp³-hybridized carbons (Fsp3) is 0.667. The molecule has 0 unspecified atom stereocenters. The van der Waals surface area contributed by atoms with Crippen molar-refractivity contribution in [1.29, 1.82) is 0 Å². The number of halogens is 3. The van der Waals surface area contributed by atoms with Crippen molar-refractivity contribution in [1.82, 2.24) is 15.1 Å². The Hall–Kier alpha value is -0.880. The van der Waals surface area contributed by atoms with Gasteiger partial charge < -0.3 is 10.2 Å². The Labute approximate surface area is 180 Å². The second-order valence-electron chi connectivity index (χ2n) is 8.26. The van der Waals surface area contributed by atoms with E-state index in [0.717, 1.165) is 52.1 Å². The molecule has 0 bridgehead atoms. The molecule has 1 N–H and O–H groups in total. The maximum absolute atomic E-state index is 13.1. The quantitative estimate of drug-likeness (QED) is 0.792. The van der Waals surface area contributed by atoms with Crippen LogP contribution in [0, 0.1) is 17.7 Å². The first-order valence-corrected chi connectivity index (χ1v) is 10.2. The van der Waals surface area contributed by atoms with E-state index in [4.69, 9.17) is 0 Å². The molecule has 3 aliphatic heterocycles. The highest BCUT2D eigenvalue weighted by molar-refractivity contribution is 5.85. The molecule has 4 rings (SSSR count). The average molecular weight is 432 g/mol. The maximum atomic E-state index is 13.1. The van der Waals surface area contributed by atoms with Crippen LogP contribution in [0.15, 0.2) is 24.3 Å². The van der Waals surface area contributed by atoms with E-state index < -0.39 is 0 Å². The van der Waals surface area contributed by atoms with E-state index in [1.165, 1.54) is 18.4 Å². The fourth-order valence-electron chi connectivity index (χ4n) is 5.00. The number of carbonyl (C=O) groups excluding carboxylic acids is 1. The van der Waals surface area contributed by atoms with Gasteiger partial charge in [-0.3, -0.25) is 9.69 Å². The van der Waals surface area contributed by atoms with Crippen LogP contribution in [0.2, 0.25) is 0 Å². The molecule has 158 valence electrons. The molecular weight excluding hydrogens is 400 g/mol. The number of amides is 1. The molecule has 3 heterocycles. The second-order valence-corrected chi connectivity index (χ2v) is 8.26. The summed E-state index contributed by atoms with van der Waals surface area (Å²) in [5.74, 6) is 1.45. The van der Waals surface area contributed by atoms with Crippen molar-refractivity contribution in [3.63, 3.8) is 0 Å². The SMILES string of the molecule is Cl.Cl.O=C1CC[C@H]2CN(Cc3ccc(F)cc3)CC[C@H]2N1CC1CCNCC1. The molecule has 4 nitrogen and oxygen atoms in total. The number of rotatable bonds is 4. The van der Waals surface area contributed by atoms with Crippen LogP contribution >= 0.6 is 24.8 Å². The van der Waals surface area contributed by atoms with E-state index in [2.05, 4.69) is 15.1 Å². The van der Waals surface area contributed by atoms with Gasteiger partial charge in [0.1, 0.15) is 5.82 Å². The first-order chi connectivity index (χ1) is 12.7. The topological polar surface area (TPSA) is 35.6 Å². The zero-order valence-corrected chi connectivity index (χ0v) is 17.9. The van der Waals surface area contributed by atoms with Crippen LogP contribution in [-0.2, 0) is 11.3 Å². The monoisotopic (exact) mass is 431 g/mol. The van der Waals surface area contributed by atoms with Crippen molar-refractivity contribution in [2.24, 2.45) is 11.8 Å². The minimum atomic E-state index is -0.174. The molecule has 3 fully saturated rings. The highest BCUT2D eigenvalue weighted by Crippen LogP contribution is 2.33. The normalized spacial score (nSPS) is 26.2. The molecule has 1 aromatic carbocycles. The lowest BCUT2D eigenvalue weighted by atomic mass is 9.82. The van der Waals surface area contributed by atoms with Crippen LogP contribution in [-0.4, -0.2) is 54.5 Å². The molecule has 1 aromatic rings. The Balaban J connectivity index is 0.00000140. The van der Waals surface area contributed by atoms with Gasteiger partial charge in [0.25, 0.3) is 0 Å². The fourth-order valence-corrected chi connectivity index (χ4v) is 5.00. The number of carbonyl (C=O) groups is 1. The second kappa shape index (κ2) is 10.8. The van der Waals surface area contributed by atoms with Gasteiger partial charge in [0.15, 0.2) is 0 Å². The molecular formula is C21H32Cl2FN3O. The number of benzene rings is 1. The predicted molar refractivity (Wildman–Crippen MR) is 115 cm³/mol. The van der Waals surface area contributed by atoms with Crippen LogP contribution < -0.4 is 5.32 Å². The highest BCUT2D eigenvalue weighted by atomic mass is 35.5. The summed E-state index contributed by atoms with van der Waals surface area (Å²) in [6, 6.07) is 7.28. The van der Waals surface area contributed by atoms with Crippen molar-refractivity contribution in [2.75, 3.05) is 32.7 Å². The van der Waals surface area contributed by atoms with E-state index >= 15 is 0 Å². The summed E-state index contributed by atoms with van der Waals surface area (Å²) in [4.78, 5) is 17.3. The molecule has 0 aromatic heterocycles. The van der Waals surface area contributed by atoms with Gasteiger partial charge >= 0.3 is 0 Å². The average Bonchev–Trinajstić information content (AvgIpc) is 2.67. The minimum Gasteiger partial charge on any atom is -0.339 e. The third-order valence-corrected chi connectivity index (χ3v) is 6.46. The van der Waals surface area contributed by atoms with Crippen LogP contribution in [0.25, 0.3) is 0 Å². The van der Waals surface area contributed by atoms with Gasteiger partial charge in [-0.05, 0) is 68.3 Å². The molecule has 1 amide bonds. The van der Waals surface area contributed by atoms with Crippen molar-refractivity contribution in [3.05, 3.63) is 35.6 Å². The Morgan fingerprint density at radius 1 is 1.04 bits per heavy atom. The van der Waals surface area contributed by atoms with Gasteiger partial charge in [-0.2, -0.15) is 0 Å². The number of nitrogens with one attached hydrogen (secondary N) is 1. The molecule has 0 saturated carbocycles. The summed E-state index contributed by atoms with van der Waals surface area (Å²) >= 11 is 0. The van der Waals surface area contributed by atoms with Crippen molar-refractivity contribution >= 4 is 30.7 Å². The summed E-state index contributed by atoms with van der Waals surface area (Å²) in [7, 11) is 0. The molecule has 3 saturated heterocycles. The summed E-state index contributed by atoms with van der Waals surface area (Å²) in [6.07, 6.45) is 5.18. The highest BCUT2D eigenvalue weighted by Gasteiger charge is 2.39. The molecule has 3 aliphatic rings. The molecule has 0 radical (unpaired) electrons.